The van der Waals surface area contributed by atoms with Crippen LogP contribution in [0, 0.1) is 11.8 Å². The standard InChI is InChI=1S/C16H25N3O2/c1-4-12(10-17)8-15(20)18-13-6-5-7-14(9-13)19-16(21)11(2)3/h5-7,9,11-12H,4,8,10,17H2,1-3H3,(H,18,20)(H,19,21). The molecule has 0 aliphatic rings. The second kappa shape index (κ2) is 8.42. The Balaban J connectivity index is 2.64. The van der Waals surface area contributed by atoms with Crippen molar-refractivity contribution in [2.45, 2.75) is 33.6 Å². The van der Waals surface area contributed by atoms with Gasteiger partial charge in [-0.2, -0.15) is 0 Å². The molecule has 0 bridgehead atoms. The molecule has 0 saturated heterocycles. The van der Waals surface area contributed by atoms with E-state index >= 15 is 0 Å². The predicted molar refractivity (Wildman–Crippen MR) is 86.0 cm³/mol. The topological polar surface area (TPSA) is 84.2 Å². The van der Waals surface area contributed by atoms with Gasteiger partial charge in [0.25, 0.3) is 0 Å². The van der Waals surface area contributed by atoms with Crippen molar-refractivity contribution in [1.82, 2.24) is 0 Å². The molecule has 5 heteroatoms. The molecule has 0 heterocycles. The number of nitrogens with two attached hydrogens (primary N) is 1. The van der Waals surface area contributed by atoms with Gasteiger partial charge in [-0.25, -0.2) is 0 Å². The molecule has 1 unspecified atom stereocenters. The summed E-state index contributed by atoms with van der Waals surface area (Å²) in [5, 5.41) is 5.65. The number of carbonyl (C=O) groups excluding carboxylic acids is 2. The van der Waals surface area contributed by atoms with Crippen LogP contribution in [0.4, 0.5) is 11.4 Å². The second-order valence-electron chi connectivity index (χ2n) is 5.49. The molecule has 4 N–H and O–H groups in total. The highest BCUT2D eigenvalue weighted by molar-refractivity contribution is 5.94. The Morgan fingerprint density at radius 3 is 2.33 bits per heavy atom. The lowest BCUT2D eigenvalue weighted by molar-refractivity contribution is -0.119. The zero-order valence-corrected chi connectivity index (χ0v) is 13.0. The molecule has 0 radical (unpaired) electrons. The third-order valence-corrected chi connectivity index (χ3v) is 3.32. The monoisotopic (exact) mass is 291 g/mol. The largest absolute Gasteiger partial charge is 0.330 e. The number of benzene rings is 1. The molecule has 1 aromatic carbocycles. The Kier molecular flexibility index (Phi) is 6.88. The third kappa shape index (κ3) is 5.95. The SMILES string of the molecule is CCC(CN)CC(=O)Nc1cccc(NC(=O)C(C)C)c1. The summed E-state index contributed by atoms with van der Waals surface area (Å²) in [7, 11) is 0. The number of rotatable bonds is 7. The van der Waals surface area contributed by atoms with Gasteiger partial charge in [-0.1, -0.05) is 33.3 Å². The van der Waals surface area contributed by atoms with Crippen LogP contribution in [0.15, 0.2) is 24.3 Å². The molecule has 116 valence electrons. The van der Waals surface area contributed by atoms with Crippen LogP contribution in [0.1, 0.15) is 33.6 Å². The van der Waals surface area contributed by atoms with Gasteiger partial charge in [0.2, 0.25) is 11.8 Å². The highest BCUT2D eigenvalue weighted by Crippen LogP contribution is 2.17. The first-order valence-corrected chi connectivity index (χ1v) is 7.37. The van der Waals surface area contributed by atoms with Crippen LogP contribution in [0.2, 0.25) is 0 Å². The molecule has 1 aromatic rings. The second-order valence-corrected chi connectivity index (χ2v) is 5.49. The van der Waals surface area contributed by atoms with Gasteiger partial charge in [0.05, 0.1) is 0 Å². The maximum atomic E-state index is 11.9. The lowest BCUT2D eigenvalue weighted by Crippen LogP contribution is -2.22. The van der Waals surface area contributed by atoms with E-state index in [4.69, 9.17) is 5.73 Å². The summed E-state index contributed by atoms with van der Waals surface area (Å²) >= 11 is 0. The van der Waals surface area contributed by atoms with Gasteiger partial charge in [0.1, 0.15) is 0 Å². The summed E-state index contributed by atoms with van der Waals surface area (Å²) in [6.07, 6.45) is 1.30. The van der Waals surface area contributed by atoms with E-state index in [1.165, 1.54) is 0 Å². The smallest absolute Gasteiger partial charge is 0.226 e. The average Bonchev–Trinajstić information content (AvgIpc) is 2.44. The van der Waals surface area contributed by atoms with Crippen LogP contribution in [-0.2, 0) is 9.59 Å². The van der Waals surface area contributed by atoms with Gasteiger partial charge >= 0.3 is 0 Å². The molecule has 2 amide bonds. The van der Waals surface area contributed by atoms with Gasteiger partial charge in [0.15, 0.2) is 0 Å². The summed E-state index contributed by atoms with van der Waals surface area (Å²) in [5.74, 6) is 0.0132. The van der Waals surface area contributed by atoms with Gasteiger partial charge < -0.3 is 16.4 Å². The first-order chi connectivity index (χ1) is 9.96. The summed E-state index contributed by atoms with van der Waals surface area (Å²) in [5.41, 5.74) is 6.96. The number of hydrogen-bond donors (Lipinski definition) is 3. The Morgan fingerprint density at radius 2 is 1.81 bits per heavy atom. The van der Waals surface area contributed by atoms with E-state index in [-0.39, 0.29) is 23.7 Å². The van der Waals surface area contributed by atoms with Crippen LogP contribution in [0.25, 0.3) is 0 Å². The molecule has 0 aliphatic carbocycles. The van der Waals surface area contributed by atoms with E-state index in [1.54, 1.807) is 24.3 Å². The normalized spacial score (nSPS) is 12.0. The van der Waals surface area contributed by atoms with E-state index in [9.17, 15) is 9.59 Å². The highest BCUT2D eigenvalue weighted by Gasteiger charge is 2.11. The fourth-order valence-electron chi connectivity index (χ4n) is 1.83. The van der Waals surface area contributed by atoms with E-state index in [0.717, 1.165) is 6.42 Å². The fourth-order valence-corrected chi connectivity index (χ4v) is 1.83. The Morgan fingerprint density at radius 1 is 1.19 bits per heavy atom. The van der Waals surface area contributed by atoms with Gasteiger partial charge in [-0.15, -0.1) is 0 Å². The van der Waals surface area contributed by atoms with Crippen LogP contribution in [-0.4, -0.2) is 18.4 Å². The summed E-state index contributed by atoms with van der Waals surface area (Å²) in [4.78, 5) is 23.6. The maximum Gasteiger partial charge on any atom is 0.226 e. The summed E-state index contributed by atoms with van der Waals surface area (Å²) in [6, 6.07) is 7.14. The van der Waals surface area contributed by atoms with Crippen molar-refractivity contribution < 1.29 is 9.59 Å². The van der Waals surface area contributed by atoms with Crippen LogP contribution in [0.3, 0.4) is 0 Å². The molecule has 0 saturated carbocycles. The van der Waals surface area contributed by atoms with Crippen molar-refractivity contribution in [3.63, 3.8) is 0 Å². The minimum Gasteiger partial charge on any atom is -0.330 e. The number of carbonyl (C=O) groups is 2. The molecular weight excluding hydrogens is 266 g/mol. The first-order valence-electron chi connectivity index (χ1n) is 7.37. The van der Waals surface area contributed by atoms with Crippen molar-refractivity contribution in [1.29, 1.82) is 0 Å². The average molecular weight is 291 g/mol. The molecule has 1 rings (SSSR count). The molecule has 1 atom stereocenters. The van der Waals surface area contributed by atoms with Crippen molar-refractivity contribution in [2.75, 3.05) is 17.2 Å². The van der Waals surface area contributed by atoms with Gasteiger partial charge in [0, 0.05) is 23.7 Å². The molecule has 0 fully saturated rings. The van der Waals surface area contributed by atoms with E-state index in [2.05, 4.69) is 10.6 Å². The van der Waals surface area contributed by atoms with Crippen LogP contribution in [0.5, 0.6) is 0 Å². The van der Waals surface area contributed by atoms with Crippen LogP contribution >= 0.6 is 0 Å². The number of hydrogen-bond acceptors (Lipinski definition) is 3. The zero-order valence-electron chi connectivity index (χ0n) is 13.0. The Labute approximate surface area is 126 Å². The van der Waals surface area contributed by atoms with Crippen LogP contribution < -0.4 is 16.4 Å². The minimum atomic E-state index is -0.0851. The molecule has 0 aliphatic heterocycles. The number of anilines is 2. The lowest BCUT2D eigenvalue weighted by Gasteiger charge is -2.13. The van der Waals surface area contributed by atoms with Crippen molar-refractivity contribution >= 4 is 23.2 Å². The number of nitrogens with one attached hydrogen (secondary N) is 2. The lowest BCUT2D eigenvalue weighted by atomic mass is 10.0. The molecule has 0 spiro atoms. The van der Waals surface area contributed by atoms with Crippen molar-refractivity contribution in [3.8, 4) is 0 Å². The van der Waals surface area contributed by atoms with Crippen molar-refractivity contribution in [3.05, 3.63) is 24.3 Å². The third-order valence-electron chi connectivity index (χ3n) is 3.32. The van der Waals surface area contributed by atoms with E-state index in [0.29, 0.717) is 24.3 Å². The number of amides is 2. The zero-order chi connectivity index (χ0) is 15.8. The molecular formula is C16H25N3O2. The molecule has 21 heavy (non-hydrogen) atoms. The first kappa shape index (κ1) is 17.2. The minimum absolute atomic E-state index is 0.0485. The molecule has 0 aromatic heterocycles. The fraction of sp³-hybridized carbons (Fsp3) is 0.500. The quantitative estimate of drug-likeness (QED) is 0.722. The Bertz CT molecular complexity index is 482. The summed E-state index contributed by atoms with van der Waals surface area (Å²) < 4.78 is 0. The maximum absolute atomic E-state index is 11.9. The van der Waals surface area contributed by atoms with E-state index in [1.807, 2.05) is 20.8 Å². The summed E-state index contributed by atoms with van der Waals surface area (Å²) in [6.45, 7) is 6.19. The van der Waals surface area contributed by atoms with Gasteiger partial charge in [-0.3, -0.25) is 9.59 Å². The van der Waals surface area contributed by atoms with Gasteiger partial charge in [-0.05, 0) is 30.7 Å². The highest BCUT2D eigenvalue weighted by atomic mass is 16.2. The predicted octanol–water partition coefficient (Wildman–Crippen LogP) is 2.59. The molecule has 5 nitrogen and oxygen atoms in total. The van der Waals surface area contributed by atoms with E-state index < -0.39 is 0 Å². The van der Waals surface area contributed by atoms with Crippen molar-refractivity contribution in [2.24, 2.45) is 17.6 Å². The Hall–Kier alpha value is -1.88.